The monoisotopic (exact) mass is 1600 g/mol. The number of benzene rings is 6. The molecule has 6 aromatic carbocycles. The molecule has 0 bridgehead atoms. The van der Waals surface area contributed by atoms with Crippen LogP contribution in [-0.4, -0.2) is 149 Å². The molecular weight excluding hydrogens is 1500 g/mol. The zero-order valence-electron chi connectivity index (χ0n) is 65.6. The molecule has 618 valence electrons. The Morgan fingerprint density at radius 2 is 0.491 bits per heavy atom. The zero-order chi connectivity index (χ0) is 84.0. The van der Waals surface area contributed by atoms with Crippen LogP contribution in [0.5, 0.6) is 46.0 Å². The fourth-order valence-electron chi connectivity index (χ4n) is 10.4. The minimum Gasteiger partial charge on any atom is -0.494 e. The molecule has 0 aliphatic heterocycles. The largest absolute Gasteiger partial charge is 0.494 e. The molecule has 0 heterocycles. The second kappa shape index (κ2) is 51.0. The van der Waals surface area contributed by atoms with Crippen molar-refractivity contribution in [3.8, 4) is 46.0 Å². The lowest BCUT2D eigenvalue weighted by Crippen LogP contribution is -2.48. The molecule has 28 heteroatoms. The Labute approximate surface area is 673 Å². The molecule has 28 nitrogen and oxygen atoms in total. The molecular formula is C88H98O28. The number of rotatable bonds is 53. The van der Waals surface area contributed by atoms with Crippen LogP contribution in [0.1, 0.15) is 193 Å². The summed E-state index contributed by atoms with van der Waals surface area (Å²) in [6, 6.07) is 29.9. The van der Waals surface area contributed by atoms with E-state index in [-0.39, 0.29) is 60.2 Å². The summed E-state index contributed by atoms with van der Waals surface area (Å²) in [4.78, 5) is 161. The lowest BCUT2D eigenvalue weighted by atomic mass is 10.1. The van der Waals surface area contributed by atoms with E-state index >= 15 is 9.59 Å². The van der Waals surface area contributed by atoms with Crippen molar-refractivity contribution >= 4 is 71.6 Å². The van der Waals surface area contributed by atoms with Crippen LogP contribution in [0.4, 0.5) is 0 Å². The molecule has 0 N–H and O–H groups in total. The second-order valence-corrected chi connectivity index (χ2v) is 26.1. The number of hydrogen-bond acceptors (Lipinski definition) is 28. The molecule has 6 aromatic rings. The van der Waals surface area contributed by atoms with E-state index in [2.05, 4.69) is 26.3 Å². The zero-order valence-corrected chi connectivity index (χ0v) is 65.6. The molecule has 0 saturated carbocycles. The van der Waals surface area contributed by atoms with Crippen LogP contribution in [0.3, 0.4) is 0 Å². The highest BCUT2D eigenvalue weighted by Crippen LogP contribution is 2.32. The molecule has 0 aliphatic rings. The number of unbranched alkanes of at least 4 members (excludes halogenated alkanes) is 12. The third-order valence-electron chi connectivity index (χ3n) is 16.3. The number of carbonyl (C=O) groups excluding carboxylic acids is 12. The lowest BCUT2D eigenvalue weighted by molar-refractivity contribution is -0.178. The van der Waals surface area contributed by atoms with Crippen LogP contribution in [-0.2, 0) is 66.7 Å². The van der Waals surface area contributed by atoms with Gasteiger partial charge in [0.15, 0.2) is 0 Å². The standard InChI is InChI=1S/C88H98O28/c1-9-75(89)105-53-25-17-13-21-49-101-65-37-29-61(30-38-65)81(93)111-69-45-47-73(113-83(95)63-33-41-67(42-34-63)103-51-23-15-19-27-55-107-77(91)11-3)71(57-69)85(97)115-79(87(99)109-59(5)6)80(88(100)110-60(7)8)116-86(98)72-58-70(112-82(94)62-31-39-66(40-32-62)102-50-22-14-18-26-54-106-76(90)10-2)46-48-74(72)114-84(96)64-35-43-68(44-36-64)104-52-24-16-20-28-56-108-78(92)12-4/h9-12,29-48,57-60,79-80H,1-4,13-28,49-56H2,5-8H3/t79-,80-/m0/s1. The van der Waals surface area contributed by atoms with Gasteiger partial charge >= 0.3 is 71.6 Å². The van der Waals surface area contributed by atoms with Crippen LogP contribution >= 0.6 is 0 Å². The van der Waals surface area contributed by atoms with E-state index in [1.54, 1.807) is 0 Å². The van der Waals surface area contributed by atoms with Crippen molar-refractivity contribution in [1.29, 1.82) is 0 Å². The Balaban J connectivity index is 1.29. The average Bonchev–Trinajstić information content (AvgIpc) is 0.804. The summed E-state index contributed by atoms with van der Waals surface area (Å²) in [5, 5.41) is 0. The first kappa shape index (κ1) is 92.0. The summed E-state index contributed by atoms with van der Waals surface area (Å²) in [6.45, 7) is 21.6. The Bertz CT molecular complexity index is 4000. The summed E-state index contributed by atoms with van der Waals surface area (Å²) >= 11 is 0. The Morgan fingerprint density at radius 3 is 0.724 bits per heavy atom. The van der Waals surface area contributed by atoms with Gasteiger partial charge in [-0.3, -0.25) is 0 Å². The predicted octanol–water partition coefficient (Wildman–Crippen LogP) is 14.9. The van der Waals surface area contributed by atoms with Gasteiger partial charge in [-0.15, -0.1) is 0 Å². The van der Waals surface area contributed by atoms with Gasteiger partial charge in [0.1, 0.15) is 57.1 Å². The Morgan fingerprint density at radius 1 is 0.267 bits per heavy atom. The number of carbonyl (C=O) groups is 12. The third kappa shape index (κ3) is 33.8. The van der Waals surface area contributed by atoms with Gasteiger partial charge in [-0.2, -0.15) is 0 Å². The Kier molecular flexibility index (Phi) is 40.4. The summed E-state index contributed by atoms with van der Waals surface area (Å²) in [5.74, 6) is -12.2. The minimum absolute atomic E-state index is 0.0237. The van der Waals surface area contributed by atoms with Gasteiger partial charge in [0.25, 0.3) is 0 Å². The maximum absolute atomic E-state index is 15.1. The first-order valence-corrected chi connectivity index (χ1v) is 38.1. The van der Waals surface area contributed by atoms with Crippen molar-refractivity contribution in [2.75, 3.05) is 52.9 Å². The van der Waals surface area contributed by atoms with Crippen LogP contribution in [0.15, 0.2) is 184 Å². The second-order valence-electron chi connectivity index (χ2n) is 26.1. The van der Waals surface area contributed by atoms with Gasteiger partial charge in [0, 0.05) is 24.3 Å². The van der Waals surface area contributed by atoms with Crippen molar-refractivity contribution in [3.63, 3.8) is 0 Å². The molecule has 0 saturated heterocycles. The van der Waals surface area contributed by atoms with Gasteiger partial charge in [-0.25, -0.2) is 57.5 Å². The van der Waals surface area contributed by atoms with E-state index in [1.165, 1.54) is 137 Å². The molecule has 0 aliphatic carbocycles. The van der Waals surface area contributed by atoms with Crippen molar-refractivity contribution in [1.82, 2.24) is 0 Å². The van der Waals surface area contributed by atoms with Crippen LogP contribution in [0.25, 0.3) is 0 Å². The van der Waals surface area contributed by atoms with Crippen LogP contribution < -0.4 is 37.9 Å². The van der Waals surface area contributed by atoms with E-state index in [1.807, 2.05) is 0 Å². The fourth-order valence-corrected chi connectivity index (χ4v) is 10.4. The van der Waals surface area contributed by atoms with Crippen LogP contribution in [0, 0.1) is 0 Å². The molecule has 0 spiro atoms. The summed E-state index contributed by atoms with van der Waals surface area (Å²) < 4.78 is 89.5. The highest BCUT2D eigenvalue weighted by molar-refractivity contribution is 6.01. The highest BCUT2D eigenvalue weighted by Gasteiger charge is 2.45. The SMILES string of the molecule is C=CC(=O)OCCCCCCOc1ccc(C(=O)Oc2ccc(OC(=O)c3ccc(OCCCCCCOC(=O)C=C)cc3)c(C(=O)O[C@H](C(=O)OC(C)C)[C@H](OC(=O)c3cc(OC(=O)c4ccc(OCCCCCCOC(=O)C=C)cc4)ccc3OC(=O)c3ccc(OCCCCCCOC(=O)C=C)cc3)C(=O)OC(C)C)c2)cc1. The predicted molar refractivity (Wildman–Crippen MR) is 420 cm³/mol. The first-order chi connectivity index (χ1) is 56.0. The van der Waals surface area contributed by atoms with E-state index in [0.717, 1.165) is 99.9 Å². The average molecular weight is 1600 g/mol. The molecule has 116 heavy (non-hydrogen) atoms. The maximum atomic E-state index is 15.1. The number of ether oxygens (including phenoxy) is 16. The van der Waals surface area contributed by atoms with Gasteiger partial charge < -0.3 is 75.8 Å². The summed E-state index contributed by atoms with van der Waals surface area (Å²) in [5.41, 5.74) is -1.45. The molecule has 0 unspecified atom stereocenters. The van der Waals surface area contributed by atoms with E-state index in [4.69, 9.17) is 75.8 Å². The minimum atomic E-state index is -2.60. The smallest absolute Gasteiger partial charge is 0.352 e. The van der Waals surface area contributed by atoms with Crippen molar-refractivity contribution < 1.29 is 133 Å². The molecule has 0 fully saturated rings. The summed E-state index contributed by atoms with van der Waals surface area (Å²) in [6.07, 6.45) is 8.68. The number of esters is 12. The van der Waals surface area contributed by atoms with Gasteiger partial charge in [-0.05, 0) is 264 Å². The first-order valence-electron chi connectivity index (χ1n) is 38.1. The topological polar surface area (TPSA) is 353 Å². The Hall–Kier alpha value is -12.9. The van der Waals surface area contributed by atoms with E-state index < -0.39 is 119 Å². The summed E-state index contributed by atoms with van der Waals surface area (Å²) in [7, 11) is 0. The quantitative estimate of drug-likeness (QED) is 0.0112. The van der Waals surface area contributed by atoms with Gasteiger partial charge in [-0.1, -0.05) is 26.3 Å². The fraction of sp³-hybridized carbons (Fsp3) is 0.364. The van der Waals surface area contributed by atoms with Crippen LogP contribution in [0.2, 0.25) is 0 Å². The van der Waals surface area contributed by atoms with Gasteiger partial charge in [0.2, 0.25) is 12.2 Å². The number of hydrogen-bond donors (Lipinski definition) is 0. The maximum Gasteiger partial charge on any atom is 0.352 e. The van der Waals surface area contributed by atoms with Crippen molar-refractivity contribution in [2.24, 2.45) is 0 Å². The van der Waals surface area contributed by atoms with E-state index in [0.29, 0.717) is 101 Å². The normalized spacial score (nSPS) is 11.2. The van der Waals surface area contributed by atoms with Crippen molar-refractivity contribution in [2.45, 2.75) is 155 Å². The van der Waals surface area contributed by atoms with Gasteiger partial charge in [0.05, 0.1) is 87.3 Å². The molecule has 6 rings (SSSR count). The molecule has 0 aromatic heterocycles. The van der Waals surface area contributed by atoms with E-state index in [9.17, 15) is 47.9 Å². The molecule has 2 atom stereocenters. The van der Waals surface area contributed by atoms with Crippen molar-refractivity contribution in [3.05, 3.63) is 217 Å². The molecule has 0 radical (unpaired) electrons. The molecule has 0 amide bonds. The lowest BCUT2D eigenvalue weighted by Gasteiger charge is -2.26. The third-order valence-corrected chi connectivity index (χ3v) is 16.3. The highest BCUT2D eigenvalue weighted by atomic mass is 16.6.